The lowest BCUT2D eigenvalue weighted by molar-refractivity contribution is -0.143. The zero-order valence-electron chi connectivity index (χ0n) is 13.2. The van der Waals surface area contributed by atoms with Crippen LogP contribution in [-0.2, 0) is 11.2 Å². The molecule has 1 atom stereocenters. The number of H-pyrrole nitrogens is 1. The molecule has 1 amide bonds. The Labute approximate surface area is 147 Å². The first-order valence-electron chi connectivity index (χ1n) is 7.67. The molecule has 1 aliphatic rings. The number of imidazole rings is 2. The summed E-state index contributed by atoms with van der Waals surface area (Å²) in [4.78, 5) is 37.7. The summed E-state index contributed by atoms with van der Waals surface area (Å²) in [6.45, 7) is 1.99. The third kappa shape index (κ3) is 2.37. The molecule has 0 spiro atoms. The van der Waals surface area contributed by atoms with Crippen LogP contribution in [0.2, 0.25) is 5.02 Å². The topological polar surface area (TPSA) is 104 Å². The van der Waals surface area contributed by atoms with Crippen LogP contribution in [0.1, 0.15) is 33.6 Å². The van der Waals surface area contributed by atoms with Gasteiger partial charge in [0.25, 0.3) is 5.91 Å². The molecule has 4 heterocycles. The van der Waals surface area contributed by atoms with Gasteiger partial charge in [-0.05, 0) is 19.1 Å². The van der Waals surface area contributed by atoms with Crippen LogP contribution in [0.25, 0.3) is 5.65 Å². The number of aryl methyl sites for hydroxylation is 1. The lowest BCUT2D eigenvalue weighted by atomic mass is 10.0. The molecule has 0 aliphatic carbocycles. The summed E-state index contributed by atoms with van der Waals surface area (Å²) < 4.78 is 1.60. The third-order valence-electron chi connectivity index (χ3n) is 4.38. The third-order valence-corrected chi connectivity index (χ3v) is 4.60. The van der Waals surface area contributed by atoms with Gasteiger partial charge in [-0.15, -0.1) is 0 Å². The fourth-order valence-corrected chi connectivity index (χ4v) is 3.44. The molecule has 25 heavy (non-hydrogen) atoms. The lowest BCUT2D eigenvalue weighted by Crippen LogP contribution is -2.44. The molecule has 0 bridgehead atoms. The summed E-state index contributed by atoms with van der Waals surface area (Å²) in [6.07, 6.45) is 3.57. The molecule has 3 aromatic rings. The molecule has 1 aliphatic heterocycles. The number of aliphatic carboxylic acids is 1. The van der Waals surface area contributed by atoms with Gasteiger partial charge < -0.3 is 15.0 Å². The highest BCUT2D eigenvalue weighted by atomic mass is 35.5. The molecule has 0 fully saturated rings. The van der Waals surface area contributed by atoms with Crippen molar-refractivity contribution in [2.45, 2.75) is 19.4 Å². The predicted molar refractivity (Wildman–Crippen MR) is 88.6 cm³/mol. The van der Waals surface area contributed by atoms with Gasteiger partial charge in [0.1, 0.15) is 11.3 Å². The van der Waals surface area contributed by atoms with Crippen molar-refractivity contribution in [1.82, 2.24) is 24.3 Å². The molecule has 3 aromatic heterocycles. The molecule has 0 saturated carbocycles. The van der Waals surface area contributed by atoms with Crippen molar-refractivity contribution in [1.29, 1.82) is 0 Å². The number of carbonyl (C=O) groups is 2. The number of pyridine rings is 1. The van der Waals surface area contributed by atoms with Gasteiger partial charge in [0.15, 0.2) is 6.04 Å². The first kappa shape index (κ1) is 15.6. The van der Waals surface area contributed by atoms with Crippen molar-refractivity contribution < 1.29 is 14.7 Å². The van der Waals surface area contributed by atoms with Gasteiger partial charge in [0, 0.05) is 24.9 Å². The minimum Gasteiger partial charge on any atom is -0.479 e. The van der Waals surface area contributed by atoms with E-state index in [1.54, 1.807) is 29.7 Å². The number of nitrogens with one attached hydrogen (secondary N) is 1. The molecule has 9 heteroatoms. The average molecular weight is 360 g/mol. The van der Waals surface area contributed by atoms with Crippen LogP contribution in [0, 0.1) is 6.92 Å². The number of hydrogen-bond donors (Lipinski definition) is 2. The molecule has 2 N–H and O–H groups in total. The number of aromatic nitrogens is 4. The van der Waals surface area contributed by atoms with E-state index in [0.717, 1.165) is 5.69 Å². The van der Waals surface area contributed by atoms with Gasteiger partial charge in [0.05, 0.1) is 22.7 Å². The van der Waals surface area contributed by atoms with Crippen molar-refractivity contribution >= 4 is 29.1 Å². The van der Waals surface area contributed by atoms with Gasteiger partial charge in [-0.2, -0.15) is 0 Å². The molecule has 0 saturated heterocycles. The minimum absolute atomic E-state index is 0.276. The van der Waals surface area contributed by atoms with Crippen molar-refractivity contribution in [2.75, 3.05) is 6.54 Å². The first-order chi connectivity index (χ1) is 12.0. The first-order valence-corrected chi connectivity index (χ1v) is 8.05. The number of hydrogen-bond acceptors (Lipinski definition) is 4. The van der Waals surface area contributed by atoms with E-state index in [0.29, 0.717) is 34.2 Å². The maximum absolute atomic E-state index is 13.2. The number of aromatic amines is 1. The molecule has 4 rings (SSSR count). The number of fused-ring (bicyclic) bond motifs is 2. The van der Waals surface area contributed by atoms with Crippen molar-refractivity contribution in [3.63, 3.8) is 0 Å². The van der Waals surface area contributed by atoms with Gasteiger partial charge in [-0.3, -0.25) is 9.20 Å². The Hall–Kier alpha value is -2.87. The summed E-state index contributed by atoms with van der Waals surface area (Å²) in [5.74, 6) is -1.53. The highest BCUT2D eigenvalue weighted by Crippen LogP contribution is 2.30. The molecular weight excluding hydrogens is 346 g/mol. The highest BCUT2D eigenvalue weighted by Gasteiger charge is 2.39. The minimum atomic E-state index is -1.13. The SMILES string of the molecule is Cc1nc2ccc(Cl)cn2c1C(=O)N1CCc2[nH]cnc2[C@H]1C(=O)O. The van der Waals surface area contributed by atoms with Crippen LogP contribution < -0.4 is 0 Å². The maximum atomic E-state index is 13.2. The van der Waals surface area contributed by atoms with E-state index in [2.05, 4.69) is 15.0 Å². The van der Waals surface area contributed by atoms with Crippen molar-refractivity contribution in [3.8, 4) is 0 Å². The zero-order valence-corrected chi connectivity index (χ0v) is 14.0. The number of carboxylic acid groups (broad SMARTS) is 1. The maximum Gasteiger partial charge on any atom is 0.332 e. The summed E-state index contributed by atoms with van der Waals surface area (Å²) in [5.41, 5.74) is 2.52. The van der Waals surface area contributed by atoms with Crippen LogP contribution in [0.4, 0.5) is 0 Å². The van der Waals surface area contributed by atoms with E-state index < -0.39 is 17.9 Å². The predicted octanol–water partition coefficient (Wildman–Crippen LogP) is 1.84. The van der Waals surface area contributed by atoms with E-state index in [1.807, 2.05) is 0 Å². The summed E-state index contributed by atoms with van der Waals surface area (Å²) in [6, 6.07) is 2.27. The van der Waals surface area contributed by atoms with E-state index in [4.69, 9.17) is 11.6 Å². The second-order valence-corrected chi connectivity index (χ2v) is 6.31. The Balaban J connectivity index is 1.82. The standard InChI is InChI=1S/C16H14ClN5O3/c1-8-13(22-6-9(17)2-3-11(22)20-8)15(23)21-5-4-10-12(19-7-18-10)14(21)16(24)25/h2-3,6-7,14H,4-5H2,1H3,(H,18,19)(H,24,25)/t14-/m0/s1. The smallest absolute Gasteiger partial charge is 0.332 e. The normalized spacial score (nSPS) is 16.9. The summed E-state index contributed by atoms with van der Waals surface area (Å²) in [5, 5.41) is 10.1. The number of halogens is 1. The highest BCUT2D eigenvalue weighted by molar-refractivity contribution is 6.30. The molecular formula is C16H14ClN5O3. The number of nitrogens with zero attached hydrogens (tertiary/aromatic N) is 4. The largest absolute Gasteiger partial charge is 0.479 e. The van der Waals surface area contributed by atoms with Crippen LogP contribution in [-0.4, -0.2) is 47.8 Å². The fourth-order valence-electron chi connectivity index (χ4n) is 3.28. The Morgan fingerprint density at radius 3 is 2.96 bits per heavy atom. The van der Waals surface area contributed by atoms with E-state index in [9.17, 15) is 14.7 Å². The van der Waals surface area contributed by atoms with Crippen LogP contribution in [0.15, 0.2) is 24.7 Å². The number of carboxylic acids is 1. The molecule has 8 nitrogen and oxygen atoms in total. The number of amides is 1. The summed E-state index contributed by atoms with van der Waals surface area (Å²) >= 11 is 6.04. The molecule has 0 aromatic carbocycles. The number of carbonyl (C=O) groups excluding carboxylic acids is 1. The van der Waals surface area contributed by atoms with E-state index in [1.165, 1.54) is 11.2 Å². The second kappa shape index (κ2) is 5.59. The summed E-state index contributed by atoms with van der Waals surface area (Å²) in [7, 11) is 0. The second-order valence-electron chi connectivity index (χ2n) is 5.88. The lowest BCUT2D eigenvalue weighted by Gasteiger charge is -2.32. The fraction of sp³-hybridized carbons (Fsp3) is 0.250. The Bertz CT molecular complexity index is 1010. The van der Waals surface area contributed by atoms with E-state index >= 15 is 0 Å². The van der Waals surface area contributed by atoms with Gasteiger partial charge >= 0.3 is 5.97 Å². The molecule has 0 unspecified atom stereocenters. The van der Waals surface area contributed by atoms with Crippen LogP contribution in [0.5, 0.6) is 0 Å². The van der Waals surface area contributed by atoms with Gasteiger partial charge in [0.2, 0.25) is 0 Å². The van der Waals surface area contributed by atoms with Crippen molar-refractivity contribution in [3.05, 3.63) is 52.5 Å². The molecule has 0 radical (unpaired) electrons. The van der Waals surface area contributed by atoms with Crippen LogP contribution >= 0.6 is 11.6 Å². The number of rotatable bonds is 2. The Morgan fingerprint density at radius 2 is 2.20 bits per heavy atom. The Morgan fingerprint density at radius 1 is 1.40 bits per heavy atom. The Kier molecular flexibility index (Phi) is 3.50. The average Bonchev–Trinajstić information content (AvgIpc) is 3.16. The van der Waals surface area contributed by atoms with Gasteiger partial charge in [-0.25, -0.2) is 14.8 Å². The van der Waals surface area contributed by atoms with Crippen LogP contribution in [0.3, 0.4) is 0 Å². The van der Waals surface area contributed by atoms with Gasteiger partial charge in [-0.1, -0.05) is 11.6 Å². The van der Waals surface area contributed by atoms with Crippen molar-refractivity contribution in [2.24, 2.45) is 0 Å². The zero-order chi connectivity index (χ0) is 17.7. The molecule has 128 valence electrons. The van der Waals surface area contributed by atoms with E-state index in [-0.39, 0.29) is 6.54 Å². The quantitative estimate of drug-likeness (QED) is 0.726. The monoisotopic (exact) mass is 359 g/mol.